The van der Waals surface area contributed by atoms with E-state index in [9.17, 15) is 0 Å². The lowest BCUT2D eigenvalue weighted by Gasteiger charge is -2.28. The van der Waals surface area contributed by atoms with Gasteiger partial charge in [-0.2, -0.15) is 0 Å². The zero-order chi connectivity index (χ0) is 9.80. The van der Waals surface area contributed by atoms with Gasteiger partial charge in [0, 0.05) is 18.3 Å². The zero-order valence-corrected chi connectivity index (χ0v) is 8.53. The lowest BCUT2D eigenvalue weighted by atomic mass is 10.0. The predicted octanol–water partition coefficient (Wildman–Crippen LogP) is 1.63. The van der Waals surface area contributed by atoms with Crippen LogP contribution in [-0.2, 0) is 0 Å². The van der Waals surface area contributed by atoms with E-state index in [2.05, 4.69) is 22.5 Å². The van der Waals surface area contributed by atoms with Gasteiger partial charge in [-0.25, -0.2) is 4.98 Å². The zero-order valence-electron chi connectivity index (χ0n) is 8.53. The molecule has 0 unspecified atom stereocenters. The van der Waals surface area contributed by atoms with Crippen LogP contribution in [0.25, 0.3) is 0 Å². The number of hydrogen-bond acceptors (Lipinski definition) is 3. The third kappa shape index (κ3) is 2.45. The summed E-state index contributed by atoms with van der Waals surface area (Å²) in [6.45, 7) is 3.33. The molecule has 1 aliphatic heterocycles. The normalized spacial score (nSPS) is 27.2. The molecule has 0 aliphatic carbocycles. The molecule has 3 nitrogen and oxygen atoms in total. The maximum atomic E-state index is 4.27. The van der Waals surface area contributed by atoms with Gasteiger partial charge in [0.05, 0.1) is 0 Å². The van der Waals surface area contributed by atoms with Crippen molar-refractivity contribution in [2.24, 2.45) is 0 Å². The molecule has 0 spiro atoms. The summed E-state index contributed by atoms with van der Waals surface area (Å²) < 4.78 is 0. The van der Waals surface area contributed by atoms with Crippen LogP contribution in [-0.4, -0.2) is 23.6 Å². The lowest BCUT2D eigenvalue weighted by molar-refractivity contribution is 0.396. The van der Waals surface area contributed by atoms with Gasteiger partial charge in [0.25, 0.3) is 0 Å². The van der Waals surface area contributed by atoms with Gasteiger partial charge in [0.1, 0.15) is 5.82 Å². The van der Waals surface area contributed by atoms with E-state index in [-0.39, 0.29) is 0 Å². The fourth-order valence-corrected chi connectivity index (χ4v) is 1.92. The first-order valence-electron chi connectivity index (χ1n) is 5.25. The van der Waals surface area contributed by atoms with Crippen molar-refractivity contribution in [1.82, 2.24) is 10.3 Å². The number of anilines is 1. The molecule has 0 aromatic carbocycles. The van der Waals surface area contributed by atoms with Crippen molar-refractivity contribution in [1.29, 1.82) is 0 Å². The van der Waals surface area contributed by atoms with Crippen molar-refractivity contribution in [3.05, 3.63) is 24.4 Å². The monoisotopic (exact) mass is 191 g/mol. The molecule has 1 fully saturated rings. The summed E-state index contributed by atoms with van der Waals surface area (Å²) in [6.07, 6.45) is 4.18. The molecule has 1 aliphatic rings. The Morgan fingerprint density at radius 1 is 1.50 bits per heavy atom. The molecule has 1 aromatic heterocycles. The molecule has 3 heteroatoms. The molecule has 1 saturated heterocycles. The number of aromatic nitrogens is 1. The van der Waals surface area contributed by atoms with E-state index in [1.807, 2.05) is 24.4 Å². The van der Waals surface area contributed by atoms with Crippen molar-refractivity contribution in [3.63, 3.8) is 0 Å². The quantitative estimate of drug-likeness (QED) is 0.746. The van der Waals surface area contributed by atoms with E-state index < -0.39 is 0 Å². The van der Waals surface area contributed by atoms with Crippen LogP contribution >= 0.6 is 0 Å². The van der Waals surface area contributed by atoms with Gasteiger partial charge in [-0.1, -0.05) is 6.07 Å². The second-order valence-corrected chi connectivity index (χ2v) is 3.94. The second-order valence-electron chi connectivity index (χ2n) is 3.94. The van der Waals surface area contributed by atoms with Gasteiger partial charge < -0.3 is 10.6 Å². The number of rotatable bonds is 2. The van der Waals surface area contributed by atoms with Crippen LogP contribution in [0.5, 0.6) is 0 Å². The van der Waals surface area contributed by atoms with E-state index in [0.717, 1.165) is 12.4 Å². The molecule has 1 aromatic rings. The van der Waals surface area contributed by atoms with Crippen LogP contribution in [0.15, 0.2) is 24.4 Å². The molecule has 0 bridgehead atoms. The Morgan fingerprint density at radius 2 is 2.43 bits per heavy atom. The maximum Gasteiger partial charge on any atom is 0.126 e. The van der Waals surface area contributed by atoms with Crippen molar-refractivity contribution >= 4 is 5.82 Å². The minimum Gasteiger partial charge on any atom is -0.367 e. The van der Waals surface area contributed by atoms with Crippen LogP contribution < -0.4 is 10.6 Å². The van der Waals surface area contributed by atoms with E-state index in [1.54, 1.807) is 0 Å². The highest BCUT2D eigenvalue weighted by Crippen LogP contribution is 2.13. The first-order valence-corrected chi connectivity index (χ1v) is 5.25. The van der Waals surface area contributed by atoms with Gasteiger partial charge in [0.15, 0.2) is 0 Å². The van der Waals surface area contributed by atoms with Gasteiger partial charge in [-0.3, -0.25) is 0 Å². The predicted molar refractivity (Wildman–Crippen MR) is 58.3 cm³/mol. The minimum absolute atomic E-state index is 0.571. The Morgan fingerprint density at radius 3 is 3.14 bits per heavy atom. The summed E-state index contributed by atoms with van der Waals surface area (Å²) in [5.74, 6) is 0.992. The molecule has 14 heavy (non-hydrogen) atoms. The summed E-state index contributed by atoms with van der Waals surface area (Å²) >= 11 is 0. The van der Waals surface area contributed by atoms with Crippen molar-refractivity contribution in [3.8, 4) is 0 Å². The molecule has 76 valence electrons. The number of nitrogens with one attached hydrogen (secondary N) is 2. The highest BCUT2D eigenvalue weighted by Gasteiger charge is 2.17. The Bertz CT molecular complexity index is 273. The third-order valence-corrected chi connectivity index (χ3v) is 2.64. The standard InChI is InChI=1S/C11H17N3/c1-9-8-10(5-7-12-9)14-11-4-2-3-6-13-11/h2-4,6,9-10,12H,5,7-8H2,1H3,(H,13,14)/t9-,10-/m0/s1. The molecular formula is C11H17N3. The molecule has 2 rings (SSSR count). The molecule has 0 amide bonds. The Balaban J connectivity index is 1.91. The van der Waals surface area contributed by atoms with Gasteiger partial charge in [0.2, 0.25) is 0 Å². The summed E-state index contributed by atoms with van der Waals surface area (Å²) in [7, 11) is 0. The largest absolute Gasteiger partial charge is 0.367 e. The first kappa shape index (κ1) is 9.46. The summed E-state index contributed by atoms with van der Waals surface area (Å²) in [5.41, 5.74) is 0. The Labute approximate surface area is 84.9 Å². The average Bonchev–Trinajstić information content (AvgIpc) is 2.19. The van der Waals surface area contributed by atoms with Crippen molar-refractivity contribution < 1.29 is 0 Å². The van der Waals surface area contributed by atoms with Crippen LogP contribution in [0.2, 0.25) is 0 Å². The maximum absolute atomic E-state index is 4.27. The molecule has 0 radical (unpaired) electrons. The lowest BCUT2D eigenvalue weighted by Crippen LogP contribution is -2.41. The van der Waals surface area contributed by atoms with Crippen LogP contribution in [0.1, 0.15) is 19.8 Å². The number of pyridine rings is 1. The summed E-state index contributed by atoms with van der Waals surface area (Å²) in [6, 6.07) is 7.16. The molecule has 0 saturated carbocycles. The van der Waals surface area contributed by atoms with E-state index in [0.29, 0.717) is 12.1 Å². The van der Waals surface area contributed by atoms with E-state index in [4.69, 9.17) is 0 Å². The number of hydrogen-bond donors (Lipinski definition) is 2. The fourth-order valence-electron chi connectivity index (χ4n) is 1.92. The second kappa shape index (κ2) is 4.42. The molecule has 2 heterocycles. The van der Waals surface area contributed by atoms with Gasteiger partial charge in [-0.15, -0.1) is 0 Å². The Hall–Kier alpha value is -1.09. The highest BCUT2D eigenvalue weighted by atomic mass is 15.0. The summed E-state index contributed by atoms with van der Waals surface area (Å²) in [5, 5.41) is 6.90. The SMILES string of the molecule is C[C@H]1C[C@@H](Nc2ccccn2)CCN1. The van der Waals surface area contributed by atoms with Crippen molar-refractivity contribution in [2.75, 3.05) is 11.9 Å². The van der Waals surface area contributed by atoms with Crippen LogP contribution in [0.3, 0.4) is 0 Å². The summed E-state index contributed by atoms with van der Waals surface area (Å²) in [4.78, 5) is 4.27. The van der Waals surface area contributed by atoms with Crippen LogP contribution in [0.4, 0.5) is 5.82 Å². The number of nitrogens with zero attached hydrogens (tertiary/aromatic N) is 1. The average molecular weight is 191 g/mol. The van der Waals surface area contributed by atoms with Gasteiger partial charge in [-0.05, 0) is 38.4 Å². The van der Waals surface area contributed by atoms with E-state index >= 15 is 0 Å². The number of piperidine rings is 1. The first-order chi connectivity index (χ1) is 6.84. The molecular weight excluding hydrogens is 174 g/mol. The highest BCUT2D eigenvalue weighted by molar-refractivity contribution is 5.34. The molecule has 2 N–H and O–H groups in total. The molecule has 2 atom stereocenters. The van der Waals surface area contributed by atoms with Gasteiger partial charge >= 0.3 is 0 Å². The Kier molecular flexibility index (Phi) is 2.99. The minimum atomic E-state index is 0.571. The van der Waals surface area contributed by atoms with Crippen LogP contribution in [0, 0.1) is 0 Å². The van der Waals surface area contributed by atoms with Crippen molar-refractivity contribution in [2.45, 2.75) is 31.8 Å². The smallest absolute Gasteiger partial charge is 0.126 e. The van der Waals surface area contributed by atoms with E-state index in [1.165, 1.54) is 12.8 Å². The topological polar surface area (TPSA) is 37.0 Å². The fraction of sp³-hybridized carbons (Fsp3) is 0.545. The third-order valence-electron chi connectivity index (χ3n) is 2.64.